The second-order valence-electron chi connectivity index (χ2n) is 4.02. The van der Waals surface area contributed by atoms with Crippen molar-refractivity contribution >= 4 is 22.6 Å². The van der Waals surface area contributed by atoms with E-state index in [2.05, 4.69) is 22.1 Å². The van der Waals surface area contributed by atoms with Gasteiger partial charge in [0.05, 0.1) is 0 Å². The number of hydrogen-bond acceptors (Lipinski definition) is 1. The van der Waals surface area contributed by atoms with Crippen molar-refractivity contribution in [3.8, 4) is 0 Å². The van der Waals surface area contributed by atoms with Crippen molar-refractivity contribution in [2.24, 2.45) is 0 Å². The standard InChI is InChI=1S/C14H11ClN2/c15-12-4-1-3-10(8-12)7-11-9-17-14-13(11)5-2-6-16-14/h1-6,8-9H,7H2,(H,16,17). The maximum atomic E-state index is 5.98. The average molecular weight is 243 g/mol. The molecule has 0 fully saturated rings. The quantitative estimate of drug-likeness (QED) is 0.727. The van der Waals surface area contributed by atoms with Crippen LogP contribution in [0.2, 0.25) is 5.02 Å². The number of hydrogen-bond donors (Lipinski definition) is 1. The minimum absolute atomic E-state index is 0.778. The lowest BCUT2D eigenvalue weighted by molar-refractivity contribution is 1.21. The topological polar surface area (TPSA) is 28.7 Å². The zero-order valence-corrected chi connectivity index (χ0v) is 9.91. The van der Waals surface area contributed by atoms with E-state index in [9.17, 15) is 0 Å². The van der Waals surface area contributed by atoms with Crippen LogP contribution in [0.5, 0.6) is 0 Å². The van der Waals surface area contributed by atoms with Crippen LogP contribution in [0.1, 0.15) is 11.1 Å². The summed E-state index contributed by atoms with van der Waals surface area (Å²) in [4.78, 5) is 7.46. The van der Waals surface area contributed by atoms with E-state index in [1.54, 1.807) is 6.20 Å². The van der Waals surface area contributed by atoms with Crippen LogP contribution in [0.15, 0.2) is 48.8 Å². The van der Waals surface area contributed by atoms with E-state index in [0.717, 1.165) is 17.1 Å². The number of halogens is 1. The van der Waals surface area contributed by atoms with Crippen LogP contribution in [0, 0.1) is 0 Å². The van der Waals surface area contributed by atoms with E-state index in [4.69, 9.17) is 11.6 Å². The van der Waals surface area contributed by atoms with Crippen molar-refractivity contribution in [2.45, 2.75) is 6.42 Å². The van der Waals surface area contributed by atoms with Crippen LogP contribution in [-0.4, -0.2) is 9.97 Å². The molecule has 3 heteroatoms. The molecule has 0 saturated carbocycles. The lowest BCUT2D eigenvalue weighted by atomic mass is 10.1. The lowest BCUT2D eigenvalue weighted by Crippen LogP contribution is -1.86. The molecule has 2 heterocycles. The molecule has 3 rings (SSSR count). The number of aromatic amines is 1. The number of rotatable bonds is 2. The zero-order valence-electron chi connectivity index (χ0n) is 9.15. The molecule has 0 aliphatic heterocycles. The number of fused-ring (bicyclic) bond motifs is 1. The van der Waals surface area contributed by atoms with Crippen molar-refractivity contribution < 1.29 is 0 Å². The summed E-state index contributed by atoms with van der Waals surface area (Å²) in [6.45, 7) is 0. The van der Waals surface area contributed by atoms with Crippen molar-refractivity contribution in [1.29, 1.82) is 0 Å². The lowest BCUT2D eigenvalue weighted by Gasteiger charge is -2.00. The van der Waals surface area contributed by atoms with Gasteiger partial charge in [0.2, 0.25) is 0 Å². The van der Waals surface area contributed by atoms with Gasteiger partial charge >= 0.3 is 0 Å². The third-order valence-corrected chi connectivity index (χ3v) is 3.06. The third kappa shape index (κ3) is 2.04. The molecule has 17 heavy (non-hydrogen) atoms. The number of pyridine rings is 1. The van der Waals surface area contributed by atoms with Crippen LogP contribution in [0.25, 0.3) is 11.0 Å². The predicted molar refractivity (Wildman–Crippen MR) is 70.4 cm³/mol. The van der Waals surface area contributed by atoms with E-state index < -0.39 is 0 Å². The summed E-state index contributed by atoms with van der Waals surface area (Å²) in [5.74, 6) is 0. The van der Waals surface area contributed by atoms with Gasteiger partial charge in [0, 0.05) is 22.8 Å². The fourth-order valence-electron chi connectivity index (χ4n) is 2.03. The highest BCUT2D eigenvalue weighted by atomic mass is 35.5. The molecule has 0 bridgehead atoms. The molecule has 1 N–H and O–H groups in total. The summed E-state index contributed by atoms with van der Waals surface area (Å²) in [6, 6.07) is 12.0. The van der Waals surface area contributed by atoms with E-state index >= 15 is 0 Å². The Morgan fingerprint density at radius 2 is 2.12 bits per heavy atom. The zero-order chi connectivity index (χ0) is 11.7. The Kier molecular flexibility index (Phi) is 2.57. The first-order chi connectivity index (χ1) is 8.33. The summed E-state index contributed by atoms with van der Waals surface area (Å²) in [5, 5.41) is 1.95. The fourth-order valence-corrected chi connectivity index (χ4v) is 2.24. The Labute approximate surface area is 104 Å². The van der Waals surface area contributed by atoms with Crippen molar-refractivity contribution in [3.05, 3.63) is 64.9 Å². The molecule has 0 amide bonds. The molecule has 2 aromatic heterocycles. The first-order valence-corrected chi connectivity index (χ1v) is 5.86. The monoisotopic (exact) mass is 242 g/mol. The van der Waals surface area contributed by atoms with Crippen LogP contribution in [0.3, 0.4) is 0 Å². The molecule has 0 aliphatic carbocycles. The number of H-pyrrole nitrogens is 1. The second kappa shape index (κ2) is 4.22. The molecule has 0 saturated heterocycles. The molecular formula is C14H11ClN2. The highest BCUT2D eigenvalue weighted by Crippen LogP contribution is 2.20. The molecule has 0 radical (unpaired) electrons. The van der Waals surface area contributed by atoms with Gasteiger partial charge in [0.1, 0.15) is 5.65 Å². The predicted octanol–water partition coefficient (Wildman–Crippen LogP) is 3.81. The van der Waals surface area contributed by atoms with Crippen LogP contribution in [-0.2, 0) is 6.42 Å². The van der Waals surface area contributed by atoms with E-state index in [1.807, 2.05) is 30.5 Å². The van der Waals surface area contributed by atoms with Crippen molar-refractivity contribution in [2.75, 3.05) is 0 Å². The molecule has 84 valence electrons. The van der Waals surface area contributed by atoms with Crippen LogP contribution in [0.4, 0.5) is 0 Å². The molecule has 0 atom stereocenters. The molecule has 1 aromatic carbocycles. The van der Waals surface area contributed by atoms with Crippen molar-refractivity contribution in [3.63, 3.8) is 0 Å². The van der Waals surface area contributed by atoms with Gasteiger partial charge in [0.15, 0.2) is 0 Å². The van der Waals surface area contributed by atoms with Gasteiger partial charge in [-0.3, -0.25) is 0 Å². The summed E-state index contributed by atoms with van der Waals surface area (Å²) >= 11 is 5.98. The first-order valence-electron chi connectivity index (χ1n) is 5.48. The highest BCUT2D eigenvalue weighted by molar-refractivity contribution is 6.30. The Morgan fingerprint density at radius 1 is 1.18 bits per heavy atom. The van der Waals surface area contributed by atoms with Gasteiger partial charge in [-0.15, -0.1) is 0 Å². The van der Waals surface area contributed by atoms with E-state index in [0.29, 0.717) is 0 Å². The van der Waals surface area contributed by atoms with Gasteiger partial charge in [-0.2, -0.15) is 0 Å². The Hall–Kier alpha value is -1.80. The summed E-state index contributed by atoms with van der Waals surface area (Å²) < 4.78 is 0. The maximum absolute atomic E-state index is 5.98. The molecule has 0 aliphatic rings. The largest absolute Gasteiger partial charge is 0.346 e. The summed E-state index contributed by atoms with van der Waals surface area (Å²) in [7, 11) is 0. The second-order valence-corrected chi connectivity index (χ2v) is 4.46. The maximum Gasteiger partial charge on any atom is 0.137 e. The SMILES string of the molecule is Clc1cccc(Cc2c[nH]c3ncccc23)c1. The smallest absolute Gasteiger partial charge is 0.137 e. The van der Waals surface area contributed by atoms with Gasteiger partial charge in [-0.05, 0) is 41.8 Å². The average Bonchev–Trinajstić information content (AvgIpc) is 2.73. The summed E-state index contributed by atoms with van der Waals surface area (Å²) in [6.07, 6.45) is 4.67. The highest BCUT2D eigenvalue weighted by Gasteiger charge is 2.04. The van der Waals surface area contributed by atoms with E-state index in [1.165, 1.54) is 16.5 Å². The normalized spacial score (nSPS) is 10.9. The molecule has 3 aromatic rings. The molecule has 0 spiro atoms. The molecular weight excluding hydrogens is 232 g/mol. The van der Waals surface area contributed by atoms with Gasteiger partial charge in [0.25, 0.3) is 0 Å². The number of nitrogens with one attached hydrogen (secondary N) is 1. The third-order valence-electron chi connectivity index (χ3n) is 2.82. The van der Waals surface area contributed by atoms with Crippen LogP contribution >= 0.6 is 11.6 Å². The van der Waals surface area contributed by atoms with Crippen LogP contribution < -0.4 is 0 Å². The van der Waals surface area contributed by atoms with E-state index in [-0.39, 0.29) is 0 Å². The number of benzene rings is 1. The summed E-state index contributed by atoms with van der Waals surface area (Å²) in [5.41, 5.74) is 3.39. The molecule has 2 nitrogen and oxygen atoms in total. The fraction of sp³-hybridized carbons (Fsp3) is 0.0714. The minimum Gasteiger partial charge on any atom is -0.346 e. The Bertz CT molecular complexity index is 658. The number of nitrogens with zero attached hydrogens (tertiary/aromatic N) is 1. The van der Waals surface area contributed by atoms with Gasteiger partial charge in [-0.25, -0.2) is 4.98 Å². The van der Waals surface area contributed by atoms with Gasteiger partial charge in [-0.1, -0.05) is 23.7 Å². The Morgan fingerprint density at radius 3 is 3.00 bits per heavy atom. The van der Waals surface area contributed by atoms with Crippen molar-refractivity contribution in [1.82, 2.24) is 9.97 Å². The number of aromatic nitrogens is 2. The van der Waals surface area contributed by atoms with Gasteiger partial charge < -0.3 is 4.98 Å². The minimum atomic E-state index is 0.778. The molecule has 0 unspecified atom stereocenters. The first kappa shape index (κ1) is 10.4. The Balaban J connectivity index is 2.00.